The van der Waals surface area contributed by atoms with Gasteiger partial charge in [-0.1, -0.05) is 0 Å². The minimum atomic E-state index is -0.569. The standard InChI is InChI=1S/C6H11NO2/c1-9-5-2-6(7,3-5)4-8/h4-5H,2-3,7H2,1H3. The first-order valence-electron chi connectivity index (χ1n) is 2.98. The molecule has 0 unspecified atom stereocenters. The fourth-order valence-electron chi connectivity index (χ4n) is 1.05. The van der Waals surface area contributed by atoms with Gasteiger partial charge in [0.1, 0.15) is 6.29 Å². The number of ether oxygens (including phenoxy) is 1. The van der Waals surface area contributed by atoms with Crippen LogP contribution in [-0.4, -0.2) is 25.0 Å². The number of methoxy groups -OCH3 is 1. The highest BCUT2D eigenvalue weighted by Gasteiger charge is 2.40. The Bertz CT molecular complexity index is 118. The third kappa shape index (κ3) is 1.11. The van der Waals surface area contributed by atoms with Crippen LogP contribution in [0.15, 0.2) is 0 Å². The van der Waals surface area contributed by atoms with Gasteiger partial charge in [-0.05, 0) is 12.8 Å². The number of hydrogen-bond acceptors (Lipinski definition) is 3. The topological polar surface area (TPSA) is 52.3 Å². The highest BCUT2D eigenvalue weighted by atomic mass is 16.5. The molecule has 0 aromatic rings. The van der Waals surface area contributed by atoms with Crippen LogP contribution in [0.25, 0.3) is 0 Å². The van der Waals surface area contributed by atoms with E-state index in [1.165, 1.54) is 0 Å². The summed E-state index contributed by atoms with van der Waals surface area (Å²) in [5.41, 5.74) is 4.95. The second kappa shape index (κ2) is 2.08. The van der Waals surface area contributed by atoms with Gasteiger partial charge in [-0.3, -0.25) is 0 Å². The molecule has 0 aliphatic heterocycles. The zero-order valence-corrected chi connectivity index (χ0v) is 5.46. The molecule has 2 N–H and O–H groups in total. The largest absolute Gasteiger partial charge is 0.381 e. The molecule has 3 nitrogen and oxygen atoms in total. The van der Waals surface area contributed by atoms with E-state index in [1.54, 1.807) is 7.11 Å². The molecule has 0 amide bonds. The summed E-state index contributed by atoms with van der Waals surface area (Å²) in [5.74, 6) is 0. The molecule has 52 valence electrons. The van der Waals surface area contributed by atoms with Crippen LogP contribution in [-0.2, 0) is 9.53 Å². The average molecular weight is 129 g/mol. The maximum atomic E-state index is 10.2. The van der Waals surface area contributed by atoms with E-state index in [9.17, 15) is 4.79 Å². The van der Waals surface area contributed by atoms with Crippen molar-refractivity contribution in [2.45, 2.75) is 24.5 Å². The maximum Gasteiger partial charge on any atom is 0.140 e. The van der Waals surface area contributed by atoms with Crippen LogP contribution in [0.5, 0.6) is 0 Å². The molecule has 0 saturated heterocycles. The zero-order chi connectivity index (χ0) is 6.91. The molecule has 1 saturated carbocycles. The number of carbonyl (C=O) groups is 1. The van der Waals surface area contributed by atoms with E-state index in [4.69, 9.17) is 10.5 Å². The van der Waals surface area contributed by atoms with Gasteiger partial charge in [0.2, 0.25) is 0 Å². The highest BCUT2D eigenvalue weighted by Crippen LogP contribution is 2.29. The predicted molar refractivity (Wildman–Crippen MR) is 33.0 cm³/mol. The summed E-state index contributed by atoms with van der Waals surface area (Å²) in [5, 5.41) is 0. The lowest BCUT2D eigenvalue weighted by molar-refractivity contribution is -0.120. The van der Waals surface area contributed by atoms with Gasteiger partial charge >= 0.3 is 0 Å². The molecule has 0 radical (unpaired) electrons. The SMILES string of the molecule is COC1CC(N)(C=O)C1. The second-order valence-corrected chi connectivity index (χ2v) is 2.62. The maximum absolute atomic E-state index is 10.2. The normalized spacial score (nSPS) is 41.8. The molecule has 0 aromatic carbocycles. The van der Waals surface area contributed by atoms with Crippen LogP contribution in [0.3, 0.4) is 0 Å². The van der Waals surface area contributed by atoms with Gasteiger partial charge in [-0.2, -0.15) is 0 Å². The van der Waals surface area contributed by atoms with E-state index in [0.717, 1.165) is 6.29 Å². The fraction of sp³-hybridized carbons (Fsp3) is 0.833. The van der Waals surface area contributed by atoms with Crippen molar-refractivity contribution >= 4 is 6.29 Å². The summed E-state index contributed by atoms with van der Waals surface area (Å²) >= 11 is 0. The third-order valence-electron chi connectivity index (χ3n) is 1.78. The van der Waals surface area contributed by atoms with Crippen molar-refractivity contribution in [3.63, 3.8) is 0 Å². The van der Waals surface area contributed by atoms with Crippen molar-refractivity contribution in [2.24, 2.45) is 5.73 Å². The van der Waals surface area contributed by atoms with Crippen LogP contribution in [0.4, 0.5) is 0 Å². The van der Waals surface area contributed by atoms with E-state index < -0.39 is 5.54 Å². The molecule has 1 aliphatic rings. The van der Waals surface area contributed by atoms with Gasteiger partial charge in [0, 0.05) is 7.11 Å². The van der Waals surface area contributed by atoms with E-state index in [-0.39, 0.29) is 6.10 Å². The van der Waals surface area contributed by atoms with Crippen LogP contribution in [0, 0.1) is 0 Å². The first-order chi connectivity index (χ1) is 4.20. The van der Waals surface area contributed by atoms with Gasteiger partial charge in [-0.15, -0.1) is 0 Å². The average Bonchev–Trinajstić information content (AvgIpc) is 1.81. The van der Waals surface area contributed by atoms with Crippen molar-refractivity contribution in [1.29, 1.82) is 0 Å². The highest BCUT2D eigenvalue weighted by molar-refractivity contribution is 5.65. The van der Waals surface area contributed by atoms with Gasteiger partial charge in [-0.25, -0.2) is 0 Å². The second-order valence-electron chi connectivity index (χ2n) is 2.62. The van der Waals surface area contributed by atoms with Gasteiger partial charge in [0.05, 0.1) is 11.6 Å². The quantitative estimate of drug-likeness (QED) is 0.520. The summed E-state index contributed by atoms with van der Waals surface area (Å²) < 4.78 is 4.94. The first-order valence-corrected chi connectivity index (χ1v) is 2.98. The van der Waals surface area contributed by atoms with Crippen molar-refractivity contribution < 1.29 is 9.53 Å². The molecule has 0 spiro atoms. The lowest BCUT2D eigenvalue weighted by Gasteiger charge is -2.39. The summed E-state index contributed by atoms with van der Waals surface area (Å²) in [6, 6.07) is 0. The molecule has 0 bridgehead atoms. The summed E-state index contributed by atoms with van der Waals surface area (Å²) in [6.07, 6.45) is 2.36. The van der Waals surface area contributed by atoms with E-state index in [0.29, 0.717) is 12.8 Å². The van der Waals surface area contributed by atoms with Crippen molar-refractivity contribution in [2.75, 3.05) is 7.11 Å². The van der Waals surface area contributed by atoms with Gasteiger partial charge in [0.15, 0.2) is 0 Å². The van der Waals surface area contributed by atoms with Crippen LogP contribution >= 0.6 is 0 Å². The Balaban J connectivity index is 2.32. The van der Waals surface area contributed by atoms with E-state index >= 15 is 0 Å². The lowest BCUT2D eigenvalue weighted by atomic mass is 9.76. The molecule has 1 fully saturated rings. The van der Waals surface area contributed by atoms with Crippen molar-refractivity contribution in [3.05, 3.63) is 0 Å². The minimum absolute atomic E-state index is 0.209. The smallest absolute Gasteiger partial charge is 0.140 e. The Morgan fingerprint density at radius 2 is 2.33 bits per heavy atom. The first kappa shape index (κ1) is 6.71. The molecule has 0 atom stereocenters. The molecule has 1 rings (SSSR count). The predicted octanol–water partition coefficient (Wildman–Crippen LogP) is -0.308. The van der Waals surface area contributed by atoms with E-state index in [2.05, 4.69) is 0 Å². The molecule has 9 heavy (non-hydrogen) atoms. The Kier molecular flexibility index (Phi) is 1.55. The third-order valence-corrected chi connectivity index (χ3v) is 1.78. The van der Waals surface area contributed by atoms with Crippen molar-refractivity contribution in [1.82, 2.24) is 0 Å². The number of carbonyl (C=O) groups excluding carboxylic acids is 1. The summed E-state index contributed by atoms with van der Waals surface area (Å²) in [7, 11) is 1.63. The van der Waals surface area contributed by atoms with Crippen molar-refractivity contribution in [3.8, 4) is 0 Å². The molecule has 0 aromatic heterocycles. The summed E-state index contributed by atoms with van der Waals surface area (Å²) in [6.45, 7) is 0. The van der Waals surface area contributed by atoms with Crippen LogP contribution in [0.2, 0.25) is 0 Å². The minimum Gasteiger partial charge on any atom is -0.381 e. The number of nitrogens with two attached hydrogens (primary N) is 1. The monoisotopic (exact) mass is 129 g/mol. The number of hydrogen-bond donors (Lipinski definition) is 1. The van der Waals surface area contributed by atoms with E-state index in [1.807, 2.05) is 0 Å². The molecule has 1 aliphatic carbocycles. The van der Waals surface area contributed by atoms with Gasteiger partial charge < -0.3 is 15.3 Å². The Morgan fingerprint density at radius 3 is 2.67 bits per heavy atom. The molecular weight excluding hydrogens is 118 g/mol. The van der Waals surface area contributed by atoms with Crippen LogP contribution in [0.1, 0.15) is 12.8 Å². The molecule has 0 heterocycles. The number of rotatable bonds is 2. The Labute approximate surface area is 54.2 Å². The molecular formula is C6H11NO2. The van der Waals surface area contributed by atoms with Crippen LogP contribution < -0.4 is 5.73 Å². The lowest BCUT2D eigenvalue weighted by Crippen LogP contribution is -2.56. The Hall–Kier alpha value is -0.410. The number of aldehydes is 1. The Morgan fingerprint density at radius 1 is 1.78 bits per heavy atom. The fourth-order valence-corrected chi connectivity index (χ4v) is 1.05. The molecule has 3 heteroatoms. The summed E-state index contributed by atoms with van der Waals surface area (Å²) in [4.78, 5) is 10.2. The van der Waals surface area contributed by atoms with Gasteiger partial charge in [0.25, 0.3) is 0 Å². The zero-order valence-electron chi connectivity index (χ0n) is 5.46.